The topological polar surface area (TPSA) is 90.3 Å². The molecule has 0 aliphatic carbocycles. The van der Waals surface area contributed by atoms with Crippen LogP contribution in [0.5, 0.6) is 0 Å². The maximum absolute atomic E-state index is 4.20. The zero-order valence-corrected chi connectivity index (χ0v) is 13.2. The second-order valence-corrected chi connectivity index (χ2v) is 6.08. The minimum Gasteiger partial charge on any atom is -0.230 e. The first-order valence-electron chi connectivity index (χ1n) is 6.47. The summed E-state index contributed by atoms with van der Waals surface area (Å²) < 4.78 is 2.04. The van der Waals surface area contributed by atoms with Crippen LogP contribution in [0.2, 0.25) is 0 Å². The number of fused-ring (bicyclic) bond motifs is 1. The smallest absolute Gasteiger partial charge is 0.230 e. The highest BCUT2D eigenvalue weighted by atomic mass is 32.2. The number of hydrogen-bond donors (Lipinski definition) is 1. The number of thiol groups is 1. The Morgan fingerprint density at radius 2 is 1.39 bits per heavy atom. The van der Waals surface area contributed by atoms with E-state index in [4.69, 9.17) is 0 Å². The molecular formula is C13H8N8S2. The van der Waals surface area contributed by atoms with E-state index in [0.29, 0.717) is 17.9 Å². The Kier molecular flexibility index (Phi) is 3.52. The number of rotatable bonds is 0. The lowest BCUT2D eigenvalue weighted by Gasteiger charge is -2.25. The number of hydrogen-bond acceptors (Lipinski definition) is 10. The maximum atomic E-state index is 4.20. The molecule has 0 radical (unpaired) electrons. The molecule has 5 rings (SSSR count). The van der Waals surface area contributed by atoms with Crippen molar-refractivity contribution >= 4 is 71.1 Å². The first kappa shape index (κ1) is 13.9. The Morgan fingerprint density at radius 3 is 1.96 bits per heavy atom. The van der Waals surface area contributed by atoms with Crippen molar-refractivity contribution in [3.05, 3.63) is 24.3 Å². The molecule has 0 bridgehead atoms. The third-order valence-electron chi connectivity index (χ3n) is 2.92. The van der Waals surface area contributed by atoms with E-state index in [1.54, 1.807) is 16.2 Å². The van der Waals surface area contributed by atoms with Crippen molar-refractivity contribution in [2.24, 2.45) is 30.0 Å². The molecule has 8 nitrogen and oxygen atoms in total. The molecule has 1 aromatic heterocycles. The minimum absolute atomic E-state index is 0.496. The lowest BCUT2D eigenvalue weighted by molar-refractivity contribution is 0.836. The molecular weight excluding hydrogens is 332 g/mol. The lowest BCUT2D eigenvalue weighted by atomic mass is 10.3. The number of aliphatic imine (C=N–C) groups is 6. The molecule has 2 aromatic rings. The quantitative estimate of drug-likeness (QED) is 0.744. The van der Waals surface area contributed by atoms with Crippen molar-refractivity contribution in [2.45, 2.75) is 4.34 Å². The predicted molar refractivity (Wildman–Crippen MR) is 96.5 cm³/mol. The molecule has 23 heavy (non-hydrogen) atoms. The zero-order valence-electron chi connectivity index (χ0n) is 11.5. The minimum atomic E-state index is 0.496. The van der Waals surface area contributed by atoms with Crippen LogP contribution >= 0.6 is 24.0 Å². The van der Waals surface area contributed by atoms with Crippen LogP contribution in [0.15, 0.2) is 58.6 Å². The molecule has 3 aliphatic heterocycles. The molecule has 0 saturated heterocycles. The molecule has 0 unspecified atom stereocenters. The van der Waals surface area contributed by atoms with Gasteiger partial charge in [0.15, 0.2) is 0 Å². The van der Waals surface area contributed by atoms with E-state index in [1.807, 2.05) is 24.3 Å². The first-order valence-corrected chi connectivity index (χ1v) is 7.73. The number of aromatic nitrogens is 1. The van der Waals surface area contributed by atoms with Crippen molar-refractivity contribution in [3.63, 3.8) is 0 Å². The molecule has 10 heteroatoms. The largest absolute Gasteiger partial charge is 0.242 e. The predicted octanol–water partition coefficient (Wildman–Crippen LogP) is 2.07. The van der Waals surface area contributed by atoms with Crippen LogP contribution in [-0.4, -0.2) is 46.8 Å². The molecule has 0 amide bonds. The van der Waals surface area contributed by atoms with Crippen LogP contribution in [0, 0.1) is 0 Å². The van der Waals surface area contributed by atoms with E-state index in [-0.39, 0.29) is 0 Å². The van der Waals surface area contributed by atoms with Gasteiger partial charge in [-0.15, -0.1) is 24.0 Å². The Hall–Kier alpha value is -2.72. The third kappa shape index (κ3) is 2.69. The van der Waals surface area contributed by atoms with Crippen LogP contribution in [-0.2, 0) is 0 Å². The van der Waals surface area contributed by atoms with Gasteiger partial charge >= 0.3 is 0 Å². The highest BCUT2D eigenvalue weighted by Gasteiger charge is 2.28. The third-order valence-corrected chi connectivity index (χ3v) is 4.13. The Labute approximate surface area is 139 Å². The van der Waals surface area contributed by atoms with E-state index in [9.17, 15) is 0 Å². The van der Waals surface area contributed by atoms with E-state index in [1.165, 1.54) is 23.7 Å². The summed E-state index contributed by atoms with van der Waals surface area (Å²) in [5.41, 5.74) is 1.04. The molecule has 4 heterocycles. The fourth-order valence-electron chi connectivity index (χ4n) is 1.97. The van der Waals surface area contributed by atoms with Gasteiger partial charge in [0.25, 0.3) is 0 Å². The van der Waals surface area contributed by atoms with Crippen LogP contribution in [0.3, 0.4) is 0 Å². The van der Waals surface area contributed by atoms with Crippen molar-refractivity contribution in [1.29, 1.82) is 0 Å². The average Bonchev–Trinajstić information content (AvgIpc) is 2.96. The molecule has 0 N–H and O–H groups in total. The normalized spacial score (nSPS) is 17.1. The van der Waals surface area contributed by atoms with Crippen molar-refractivity contribution in [3.8, 4) is 0 Å². The summed E-state index contributed by atoms with van der Waals surface area (Å²) in [5.74, 6) is 1.49. The summed E-state index contributed by atoms with van der Waals surface area (Å²) in [5, 5.41) is 0. The van der Waals surface area contributed by atoms with Crippen molar-refractivity contribution in [2.75, 3.05) is 0 Å². The summed E-state index contributed by atoms with van der Waals surface area (Å²) in [7, 11) is 0. The van der Waals surface area contributed by atoms with Crippen molar-refractivity contribution < 1.29 is 0 Å². The Bertz CT molecular complexity index is 850. The van der Waals surface area contributed by atoms with Gasteiger partial charge in [-0.25, -0.2) is 39.8 Å². The molecule has 0 saturated carbocycles. The fraction of sp³-hybridized carbons (Fsp3) is 0. The number of benzene rings is 1. The zero-order chi connectivity index (χ0) is 15.6. The van der Waals surface area contributed by atoms with Crippen molar-refractivity contribution in [1.82, 2.24) is 9.88 Å². The molecule has 0 fully saturated rings. The number of thiazole rings is 1. The molecule has 1 aromatic carbocycles. The van der Waals surface area contributed by atoms with Crippen LogP contribution in [0.25, 0.3) is 10.2 Å². The van der Waals surface area contributed by atoms with Crippen LogP contribution < -0.4 is 0 Å². The molecule has 0 atom stereocenters. The summed E-state index contributed by atoms with van der Waals surface area (Å²) in [6.45, 7) is 0. The maximum Gasteiger partial charge on any atom is 0.242 e. The average molecular weight is 340 g/mol. The summed E-state index contributed by atoms with van der Waals surface area (Å²) in [6, 6.07) is 8.03. The lowest BCUT2D eigenvalue weighted by Crippen LogP contribution is -2.44. The van der Waals surface area contributed by atoms with E-state index >= 15 is 0 Å². The Morgan fingerprint density at radius 1 is 0.826 bits per heavy atom. The Balaban J connectivity index is 0.000000122. The fourth-order valence-corrected chi connectivity index (χ4v) is 3.08. The second-order valence-electron chi connectivity index (χ2n) is 4.32. The second kappa shape index (κ2) is 5.82. The number of nitrogens with zero attached hydrogens (tertiary/aromatic N) is 8. The van der Waals surface area contributed by atoms with Gasteiger partial charge in [-0.05, 0) is 12.1 Å². The van der Waals surface area contributed by atoms with Gasteiger partial charge in [-0.1, -0.05) is 12.1 Å². The molecule has 0 spiro atoms. The van der Waals surface area contributed by atoms with Gasteiger partial charge in [0.1, 0.15) is 23.4 Å². The number of para-hydroxylation sites is 1. The van der Waals surface area contributed by atoms with Gasteiger partial charge in [0, 0.05) is 0 Å². The van der Waals surface area contributed by atoms with Crippen LogP contribution in [0.4, 0.5) is 0 Å². The summed E-state index contributed by atoms with van der Waals surface area (Å²) in [6.07, 6.45) is 4.22. The van der Waals surface area contributed by atoms with Gasteiger partial charge in [-0.3, -0.25) is 0 Å². The SMILES string of the molecule is C1=NC2=NC=NC3=NC=NC(=N1)N23.Sc1nc2ccccc2s1. The first-order chi connectivity index (χ1) is 11.3. The highest BCUT2D eigenvalue weighted by Crippen LogP contribution is 2.23. The molecule has 112 valence electrons. The summed E-state index contributed by atoms with van der Waals surface area (Å²) in [4.78, 5) is 29.5. The van der Waals surface area contributed by atoms with Gasteiger partial charge < -0.3 is 0 Å². The van der Waals surface area contributed by atoms with Gasteiger partial charge in [-0.2, -0.15) is 0 Å². The molecule has 3 aliphatic rings. The van der Waals surface area contributed by atoms with Gasteiger partial charge in [0.2, 0.25) is 17.9 Å². The van der Waals surface area contributed by atoms with Crippen LogP contribution in [0.1, 0.15) is 0 Å². The number of guanidine groups is 3. The summed E-state index contributed by atoms with van der Waals surface area (Å²) >= 11 is 5.76. The van der Waals surface area contributed by atoms with E-state index < -0.39 is 0 Å². The van der Waals surface area contributed by atoms with Gasteiger partial charge in [0.05, 0.1) is 10.2 Å². The van der Waals surface area contributed by atoms with E-state index in [0.717, 1.165) is 9.86 Å². The highest BCUT2D eigenvalue weighted by molar-refractivity contribution is 7.82. The monoisotopic (exact) mass is 340 g/mol. The van der Waals surface area contributed by atoms with E-state index in [2.05, 4.69) is 47.6 Å². The standard InChI is InChI=1S/C7H5NS2.C6H3N7/c9-7-8-5-3-1-2-4-6(5)10-7;1-7-4-9-2-11-6-12-3-10-5(8-1)13(4)6/h1-4H,(H,8,9);1-3H.